The van der Waals surface area contributed by atoms with E-state index in [2.05, 4.69) is 4.74 Å². The lowest BCUT2D eigenvalue weighted by Gasteiger charge is -2.11. The molecule has 0 heterocycles. The molecule has 0 saturated heterocycles. The van der Waals surface area contributed by atoms with Gasteiger partial charge in [0.2, 0.25) is 0 Å². The summed E-state index contributed by atoms with van der Waals surface area (Å²) in [5.41, 5.74) is 8.64. The van der Waals surface area contributed by atoms with E-state index in [1.165, 1.54) is 18.2 Å². The highest BCUT2D eigenvalue weighted by atomic mass is 19.4. The van der Waals surface area contributed by atoms with E-state index >= 15 is 0 Å². The number of halogens is 3. The number of hydrogen-bond donors (Lipinski definition) is 1. The molecule has 0 aliphatic heterocycles. The first kappa shape index (κ1) is 13.3. The highest BCUT2D eigenvalue weighted by Gasteiger charge is 2.31. The zero-order chi connectivity index (χ0) is 14.0. The summed E-state index contributed by atoms with van der Waals surface area (Å²) in [6.45, 7) is 1.89. The third kappa shape index (κ3) is 3.40. The van der Waals surface area contributed by atoms with Gasteiger partial charge in [-0.05, 0) is 36.2 Å². The van der Waals surface area contributed by atoms with E-state index in [-0.39, 0.29) is 5.75 Å². The maximum absolute atomic E-state index is 12.2. The van der Waals surface area contributed by atoms with Gasteiger partial charge in [0.1, 0.15) is 5.75 Å². The van der Waals surface area contributed by atoms with Gasteiger partial charge < -0.3 is 10.5 Å². The molecule has 0 amide bonds. The van der Waals surface area contributed by atoms with Crippen LogP contribution in [-0.4, -0.2) is 6.36 Å². The molecule has 2 nitrogen and oxygen atoms in total. The Morgan fingerprint density at radius 1 is 1.05 bits per heavy atom. The largest absolute Gasteiger partial charge is 0.573 e. The highest BCUT2D eigenvalue weighted by molar-refractivity contribution is 5.77. The topological polar surface area (TPSA) is 35.2 Å². The Bertz CT molecular complexity index is 593. The first-order valence-corrected chi connectivity index (χ1v) is 5.57. The Balaban J connectivity index is 2.38. The Kier molecular flexibility index (Phi) is 3.38. The van der Waals surface area contributed by atoms with Crippen LogP contribution in [0.15, 0.2) is 42.5 Å². The SMILES string of the molecule is Cc1ccc(-c2cccc(OC(F)(F)F)c2)c(N)c1. The predicted octanol–water partition coefficient (Wildman–Crippen LogP) is 4.14. The van der Waals surface area contributed by atoms with E-state index in [4.69, 9.17) is 5.73 Å². The third-order valence-electron chi connectivity index (χ3n) is 2.59. The van der Waals surface area contributed by atoms with Crippen LogP contribution in [0, 0.1) is 6.92 Å². The van der Waals surface area contributed by atoms with E-state index in [0.717, 1.165) is 5.56 Å². The average molecular weight is 267 g/mol. The van der Waals surface area contributed by atoms with Crippen LogP contribution >= 0.6 is 0 Å². The number of hydrogen-bond acceptors (Lipinski definition) is 2. The molecule has 19 heavy (non-hydrogen) atoms. The molecule has 0 bridgehead atoms. The van der Waals surface area contributed by atoms with Crippen molar-refractivity contribution in [3.8, 4) is 16.9 Å². The second-order valence-corrected chi connectivity index (χ2v) is 4.17. The van der Waals surface area contributed by atoms with Crippen molar-refractivity contribution in [3.05, 3.63) is 48.0 Å². The maximum atomic E-state index is 12.2. The van der Waals surface area contributed by atoms with Crippen molar-refractivity contribution in [1.29, 1.82) is 0 Å². The Morgan fingerprint density at radius 2 is 1.79 bits per heavy atom. The number of anilines is 1. The fraction of sp³-hybridized carbons (Fsp3) is 0.143. The molecule has 2 rings (SSSR count). The molecule has 0 atom stereocenters. The van der Waals surface area contributed by atoms with Gasteiger partial charge in [-0.3, -0.25) is 0 Å². The van der Waals surface area contributed by atoms with Gasteiger partial charge in [-0.15, -0.1) is 13.2 Å². The molecule has 5 heteroatoms. The van der Waals surface area contributed by atoms with Gasteiger partial charge in [0.05, 0.1) is 0 Å². The number of aryl methyl sites for hydroxylation is 1. The lowest BCUT2D eigenvalue weighted by molar-refractivity contribution is -0.274. The number of nitrogen functional groups attached to an aromatic ring is 1. The first-order chi connectivity index (χ1) is 8.85. The minimum Gasteiger partial charge on any atom is -0.406 e. The molecule has 0 aliphatic carbocycles. The molecule has 0 unspecified atom stereocenters. The molecular weight excluding hydrogens is 255 g/mol. The molecule has 0 saturated carbocycles. The molecule has 0 aliphatic rings. The van der Waals surface area contributed by atoms with Gasteiger partial charge in [-0.1, -0.05) is 24.3 Å². The van der Waals surface area contributed by atoms with Crippen LogP contribution in [0.4, 0.5) is 18.9 Å². The summed E-state index contributed by atoms with van der Waals surface area (Å²) in [5, 5.41) is 0. The zero-order valence-electron chi connectivity index (χ0n) is 10.2. The summed E-state index contributed by atoms with van der Waals surface area (Å²) < 4.78 is 40.4. The standard InChI is InChI=1S/C14H12F3NO/c1-9-5-6-12(13(18)7-9)10-3-2-4-11(8-10)19-14(15,16)17/h2-8H,18H2,1H3. The van der Waals surface area contributed by atoms with Crippen molar-refractivity contribution >= 4 is 5.69 Å². The van der Waals surface area contributed by atoms with Crippen molar-refractivity contribution in [2.24, 2.45) is 0 Å². The second kappa shape index (κ2) is 4.84. The maximum Gasteiger partial charge on any atom is 0.573 e. The number of alkyl halides is 3. The molecule has 2 N–H and O–H groups in total. The Hall–Kier alpha value is -2.17. The second-order valence-electron chi connectivity index (χ2n) is 4.17. The Morgan fingerprint density at radius 3 is 2.42 bits per heavy atom. The predicted molar refractivity (Wildman–Crippen MR) is 67.7 cm³/mol. The van der Waals surface area contributed by atoms with E-state index in [1.54, 1.807) is 18.2 Å². The Labute approximate surface area is 108 Å². The molecule has 2 aromatic rings. The lowest BCUT2D eigenvalue weighted by atomic mass is 10.0. The summed E-state index contributed by atoms with van der Waals surface area (Å²) in [4.78, 5) is 0. The zero-order valence-corrected chi connectivity index (χ0v) is 10.2. The molecule has 0 spiro atoms. The van der Waals surface area contributed by atoms with E-state index in [1.807, 2.05) is 13.0 Å². The summed E-state index contributed by atoms with van der Waals surface area (Å²) in [6.07, 6.45) is -4.70. The van der Waals surface area contributed by atoms with Gasteiger partial charge >= 0.3 is 6.36 Å². The number of rotatable bonds is 2. The van der Waals surface area contributed by atoms with Gasteiger partial charge in [0.25, 0.3) is 0 Å². The fourth-order valence-electron chi connectivity index (χ4n) is 1.81. The quantitative estimate of drug-likeness (QED) is 0.830. The molecule has 0 aromatic heterocycles. The molecular formula is C14H12F3NO. The van der Waals surface area contributed by atoms with Crippen molar-refractivity contribution in [1.82, 2.24) is 0 Å². The molecule has 100 valence electrons. The average Bonchev–Trinajstić information content (AvgIpc) is 2.26. The van der Waals surface area contributed by atoms with E-state index < -0.39 is 6.36 Å². The monoisotopic (exact) mass is 267 g/mol. The fourth-order valence-corrected chi connectivity index (χ4v) is 1.81. The van der Waals surface area contributed by atoms with Crippen molar-refractivity contribution < 1.29 is 17.9 Å². The van der Waals surface area contributed by atoms with E-state index in [0.29, 0.717) is 16.8 Å². The minimum atomic E-state index is -4.70. The normalized spacial score (nSPS) is 11.4. The minimum absolute atomic E-state index is 0.259. The summed E-state index contributed by atoms with van der Waals surface area (Å²) in [7, 11) is 0. The van der Waals surface area contributed by atoms with Crippen molar-refractivity contribution in [3.63, 3.8) is 0 Å². The number of nitrogens with two attached hydrogens (primary N) is 1. The van der Waals surface area contributed by atoms with Crippen LogP contribution in [0.5, 0.6) is 5.75 Å². The van der Waals surface area contributed by atoms with E-state index in [9.17, 15) is 13.2 Å². The van der Waals surface area contributed by atoms with Gasteiger partial charge in [-0.2, -0.15) is 0 Å². The number of ether oxygens (including phenoxy) is 1. The molecule has 0 radical (unpaired) electrons. The summed E-state index contributed by atoms with van der Waals surface area (Å²) >= 11 is 0. The van der Waals surface area contributed by atoms with Gasteiger partial charge in [0.15, 0.2) is 0 Å². The van der Waals surface area contributed by atoms with Crippen LogP contribution in [0.1, 0.15) is 5.56 Å². The lowest BCUT2D eigenvalue weighted by Crippen LogP contribution is -2.17. The van der Waals surface area contributed by atoms with Gasteiger partial charge in [-0.25, -0.2) is 0 Å². The molecule has 0 fully saturated rings. The smallest absolute Gasteiger partial charge is 0.406 e. The first-order valence-electron chi connectivity index (χ1n) is 5.57. The third-order valence-corrected chi connectivity index (χ3v) is 2.59. The van der Waals surface area contributed by atoms with Crippen LogP contribution in [0.25, 0.3) is 11.1 Å². The van der Waals surface area contributed by atoms with Crippen molar-refractivity contribution in [2.75, 3.05) is 5.73 Å². The van der Waals surface area contributed by atoms with Crippen molar-refractivity contribution in [2.45, 2.75) is 13.3 Å². The summed E-state index contributed by atoms with van der Waals surface area (Å²) in [6, 6.07) is 11.1. The van der Waals surface area contributed by atoms with Gasteiger partial charge in [0, 0.05) is 11.3 Å². The molecule has 2 aromatic carbocycles. The summed E-state index contributed by atoms with van der Waals surface area (Å²) in [5.74, 6) is -0.259. The van der Waals surface area contributed by atoms with Crippen LogP contribution in [0.3, 0.4) is 0 Å². The van der Waals surface area contributed by atoms with Crippen LogP contribution in [-0.2, 0) is 0 Å². The number of benzene rings is 2. The van der Waals surface area contributed by atoms with Crippen LogP contribution in [0.2, 0.25) is 0 Å². The van der Waals surface area contributed by atoms with Crippen LogP contribution < -0.4 is 10.5 Å². The highest BCUT2D eigenvalue weighted by Crippen LogP contribution is 2.31.